The number of aliphatic carboxylic acids is 1. The highest BCUT2D eigenvalue weighted by Gasteiger charge is 2.21. The molecule has 0 fully saturated rings. The number of amides is 1. The molecule has 98 valence electrons. The monoisotopic (exact) mass is 251 g/mol. The molecule has 1 aromatic carbocycles. The van der Waals surface area contributed by atoms with Gasteiger partial charge in [-0.2, -0.15) is 0 Å². The lowest BCUT2D eigenvalue weighted by atomic mass is 10.0. The van der Waals surface area contributed by atoms with E-state index in [-0.39, 0.29) is 13.0 Å². The van der Waals surface area contributed by atoms with Crippen LogP contribution in [0.5, 0.6) is 0 Å². The van der Waals surface area contributed by atoms with Gasteiger partial charge in [0.25, 0.3) is 5.91 Å². The molecule has 1 atom stereocenters. The number of aryl methyl sites for hydroxylation is 2. The van der Waals surface area contributed by atoms with Gasteiger partial charge >= 0.3 is 5.97 Å². The summed E-state index contributed by atoms with van der Waals surface area (Å²) in [4.78, 5) is 22.9. The smallest absolute Gasteiger partial charge is 0.326 e. The van der Waals surface area contributed by atoms with Crippen molar-refractivity contribution in [3.63, 3.8) is 0 Å². The highest BCUT2D eigenvalue weighted by Crippen LogP contribution is 2.13. The number of carbonyl (C=O) groups excluding carboxylic acids is 1. The summed E-state index contributed by atoms with van der Waals surface area (Å²) in [6.07, 6.45) is -0.00793. The summed E-state index contributed by atoms with van der Waals surface area (Å²) >= 11 is 0. The topological polar surface area (TPSA) is 86.6 Å². The molecule has 5 nitrogen and oxygen atoms in total. The van der Waals surface area contributed by atoms with Crippen molar-refractivity contribution in [2.24, 2.45) is 0 Å². The molecule has 0 aromatic heterocycles. The van der Waals surface area contributed by atoms with Crippen molar-refractivity contribution >= 4 is 11.9 Å². The second kappa shape index (κ2) is 6.16. The van der Waals surface area contributed by atoms with Crippen LogP contribution in [0.3, 0.4) is 0 Å². The molecule has 0 aliphatic rings. The molecule has 1 aromatic rings. The number of carbonyl (C=O) groups is 2. The van der Waals surface area contributed by atoms with Crippen molar-refractivity contribution in [2.75, 3.05) is 6.61 Å². The number of aliphatic hydroxyl groups is 1. The maximum absolute atomic E-state index is 12.0. The average molecular weight is 251 g/mol. The first kappa shape index (κ1) is 14.2. The second-order valence-corrected chi connectivity index (χ2v) is 4.14. The van der Waals surface area contributed by atoms with E-state index in [1.54, 1.807) is 26.0 Å². The van der Waals surface area contributed by atoms with E-state index in [2.05, 4.69) is 5.32 Å². The van der Waals surface area contributed by atoms with Gasteiger partial charge in [0.2, 0.25) is 0 Å². The maximum Gasteiger partial charge on any atom is 0.326 e. The van der Waals surface area contributed by atoms with E-state index in [9.17, 15) is 9.59 Å². The van der Waals surface area contributed by atoms with Crippen LogP contribution in [0.15, 0.2) is 18.2 Å². The van der Waals surface area contributed by atoms with E-state index in [4.69, 9.17) is 10.2 Å². The summed E-state index contributed by atoms with van der Waals surface area (Å²) in [6.45, 7) is 3.30. The van der Waals surface area contributed by atoms with Crippen LogP contribution < -0.4 is 5.32 Å². The third kappa shape index (κ3) is 3.30. The Kier molecular flexibility index (Phi) is 4.85. The zero-order valence-corrected chi connectivity index (χ0v) is 10.4. The number of hydrogen-bond donors (Lipinski definition) is 3. The molecular weight excluding hydrogens is 234 g/mol. The number of benzene rings is 1. The summed E-state index contributed by atoms with van der Waals surface area (Å²) in [6, 6.07) is 4.36. The molecule has 18 heavy (non-hydrogen) atoms. The van der Waals surface area contributed by atoms with Gasteiger partial charge < -0.3 is 15.5 Å². The molecule has 0 bridgehead atoms. The number of carboxylic acids is 1. The molecule has 0 spiro atoms. The van der Waals surface area contributed by atoms with Crippen LogP contribution in [0.1, 0.15) is 27.9 Å². The van der Waals surface area contributed by atoms with Crippen molar-refractivity contribution < 1.29 is 19.8 Å². The molecular formula is C13H17NO4. The lowest BCUT2D eigenvalue weighted by Crippen LogP contribution is -2.41. The third-order valence-corrected chi connectivity index (χ3v) is 2.73. The van der Waals surface area contributed by atoms with Gasteiger partial charge in [-0.25, -0.2) is 4.79 Å². The molecule has 1 amide bonds. The van der Waals surface area contributed by atoms with Crippen molar-refractivity contribution in [2.45, 2.75) is 26.3 Å². The van der Waals surface area contributed by atoms with Gasteiger partial charge in [-0.3, -0.25) is 4.79 Å². The van der Waals surface area contributed by atoms with E-state index in [0.717, 1.165) is 11.1 Å². The number of nitrogens with one attached hydrogen (secondary N) is 1. The van der Waals surface area contributed by atoms with Gasteiger partial charge in [0.15, 0.2) is 0 Å². The fraction of sp³-hybridized carbons (Fsp3) is 0.385. The summed E-state index contributed by atoms with van der Waals surface area (Å²) in [7, 11) is 0. The standard InChI is InChI=1S/C13H17NO4/c1-8-4-3-5-9(2)11(8)12(16)14-10(6-7-15)13(17)18/h3-5,10,15H,6-7H2,1-2H3,(H,14,16)(H,17,18). The first-order valence-corrected chi connectivity index (χ1v) is 5.68. The van der Waals surface area contributed by atoms with Gasteiger partial charge in [-0.05, 0) is 25.0 Å². The van der Waals surface area contributed by atoms with Crippen molar-refractivity contribution in [3.05, 3.63) is 34.9 Å². The highest BCUT2D eigenvalue weighted by atomic mass is 16.4. The fourth-order valence-corrected chi connectivity index (χ4v) is 1.79. The molecule has 3 N–H and O–H groups in total. The Labute approximate surface area is 105 Å². The largest absolute Gasteiger partial charge is 0.480 e. The highest BCUT2D eigenvalue weighted by molar-refractivity contribution is 5.99. The SMILES string of the molecule is Cc1cccc(C)c1C(=O)NC(CCO)C(=O)O. The first-order chi connectivity index (χ1) is 8.47. The Balaban J connectivity index is 2.90. The van der Waals surface area contributed by atoms with Crippen LogP contribution in [-0.4, -0.2) is 34.7 Å². The molecule has 0 aliphatic heterocycles. The number of carboxylic acid groups (broad SMARTS) is 1. The molecule has 0 aliphatic carbocycles. The number of hydrogen-bond acceptors (Lipinski definition) is 3. The number of aliphatic hydroxyl groups excluding tert-OH is 1. The van der Waals surface area contributed by atoms with E-state index in [0.29, 0.717) is 5.56 Å². The van der Waals surface area contributed by atoms with Crippen LogP contribution in [-0.2, 0) is 4.79 Å². The van der Waals surface area contributed by atoms with Gasteiger partial charge in [-0.15, -0.1) is 0 Å². The quantitative estimate of drug-likeness (QED) is 0.724. The van der Waals surface area contributed by atoms with E-state index >= 15 is 0 Å². The minimum atomic E-state index is -1.15. The van der Waals surface area contributed by atoms with Crippen LogP contribution in [0.4, 0.5) is 0 Å². The minimum absolute atomic E-state index is 0.00793. The lowest BCUT2D eigenvalue weighted by molar-refractivity contribution is -0.139. The van der Waals surface area contributed by atoms with Crippen molar-refractivity contribution in [1.82, 2.24) is 5.32 Å². The van der Waals surface area contributed by atoms with Crippen LogP contribution in [0.25, 0.3) is 0 Å². The Morgan fingerprint density at radius 2 is 1.83 bits per heavy atom. The van der Waals surface area contributed by atoms with Crippen LogP contribution in [0, 0.1) is 13.8 Å². The minimum Gasteiger partial charge on any atom is -0.480 e. The predicted octanol–water partition coefficient (Wildman–Crippen LogP) is 0.869. The van der Waals surface area contributed by atoms with E-state index in [1.807, 2.05) is 6.07 Å². The maximum atomic E-state index is 12.0. The second-order valence-electron chi connectivity index (χ2n) is 4.14. The van der Waals surface area contributed by atoms with Gasteiger partial charge in [0.05, 0.1) is 0 Å². The fourth-order valence-electron chi connectivity index (χ4n) is 1.79. The normalized spacial score (nSPS) is 11.9. The van der Waals surface area contributed by atoms with Gasteiger partial charge in [0, 0.05) is 18.6 Å². The first-order valence-electron chi connectivity index (χ1n) is 5.68. The molecule has 0 heterocycles. The Morgan fingerprint density at radius 1 is 1.28 bits per heavy atom. The molecule has 0 saturated carbocycles. The van der Waals surface area contributed by atoms with Gasteiger partial charge in [0.1, 0.15) is 6.04 Å². The third-order valence-electron chi connectivity index (χ3n) is 2.73. The zero-order valence-electron chi connectivity index (χ0n) is 10.4. The van der Waals surface area contributed by atoms with E-state index in [1.165, 1.54) is 0 Å². The Morgan fingerprint density at radius 3 is 2.28 bits per heavy atom. The van der Waals surface area contributed by atoms with Crippen molar-refractivity contribution in [1.29, 1.82) is 0 Å². The Hall–Kier alpha value is -1.88. The molecule has 5 heteroatoms. The molecule has 0 radical (unpaired) electrons. The average Bonchev–Trinajstić information content (AvgIpc) is 2.28. The van der Waals surface area contributed by atoms with Crippen molar-refractivity contribution in [3.8, 4) is 0 Å². The molecule has 1 rings (SSSR count). The van der Waals surface area contributed by atoms with Crippen LogP contribution >= 0.6 is 0 Å². The Bertz CT molecular complexity index is 436. The summed E-state index contributed by atoms with van der Waals surface area (Å²) in [5.41, 5.74) is 2.07. The van der Waals surface area contributed by atoms with Crippen LogP contribution in [0.2, 0.25) is 0 Å². The summed E-state index contributed by atoms with van der Waals surface area (Å²) in [5, 5.41) is 20.1. The van der Waals surface area contributed by atoms with E-state index < -0.39 is 17.9 Å². The number of rotatable bonds is 5. The summed E-state index contributed by atoms with van der Waals surface area (Å²) in [5.74, 6) is -1.57. The predicted molar refractivity (Wildman–Crippen MR) is 66.5 cm³/mol. The zero-order chi connectivity index (χ0) is 13.7. The molecule has 1 unspecified atom stereocenters. The molecule has 0 saturated heterocycles. The summed E-state index contributed by atoms with van der Waals surface area (Å²) < 4.78 is 0. The van der Waals surface area contributed by atoms with Gasteiger partial charge in [-0.1, -0.05) is 18.2 Å². The lowest BCUT2D eigenvalue weighted by Gasteiger charge is -2.15.